The molecule has 0 saturated carbocycles. The van der Waals surface area contributed by atoms with E-state index in [1.807, 2.05) is 6.07 Å². The van der Waals surface area contributed by atoms with Crippen LogP contribution in [0.5, 0.6) is 0 Å². The van der Waals surface area contributed by atoms with Crippen LogP contribution < -0.4 is 5.32 Å². The second-order valence-corrected chi connectivity index (χ2v) is 4.84. The molecule has 0 unspecified atom stereocenters. The van der Waals surface area contributed by atoms with Crippen LogP contribution in [0.2, 0.25) is 0 Å². The predicted molar refractivity (Wildman–Crippen MR) is 72.0 cm³/mol. The summed E-state index contributed by atoms with van der Waals surface area (Å²) in [5, 5.41) is 14.2. The molecule has 0 amide bonds. The molecule has 0 aliphatic rings. The maximum atomic E-state index is 10.9. The van der Waals surface area contributed by atoms with Crippen molar-refractivity contribution in [1.29, 1.82) is 0 Å². The fourth-order valence-electron chi connectivity index (χ4n) is 1.69. The van der Waals surface area contributed by atoms with E-state index in [0.29, 0.717) is 12.6 Å². The molecule has 1 aromatic carbocycles. The van der Waals surface area contributed by atoms with Crippen molar-refractivity contribution >= 4 is 21.6 Å². The summed E-state index contributed by atoms with van der Waals surface area (Å²) >= 11 is 3.25. The molecular weight excluding hydrogens is 284 g/mol. The van der Waals surface area contributed by atoms with E-state index in [1.54, 1.807) is 12.1 Å². The summed E-state index contributed by atoms with van der Waals surface area (Å²) in [5.41, 5.74) is 0.892. The van der Waals surface area contributed by atoms with Crippen molar-refractivity contribution in [3.63, 3.8) is 0 Å². The van der Waals surface area contributed by atoms with E-state index in [2.05, 4.69) is 35.1 Å². The highest BCUT2D eigenvalue weighted by molar-refractivity contribution is 9.10. The number of nitro benzene ring substituents is 1. The fourth-order valence-corrected chi connectivity index (χ4v) is 2.04. The minimum absolute atomic E-state index is 0.165. The van der Waals surface area contributed by atoms with Crippen LogP contribution in [0.3, 0.4) is 0 Å². The highest BCUT2D eigenvalue weighted by atomic mass is 79.9. The van der Waals surface area contributed by atoms with E-state index in [0.717, 1.165) is 22.9 Å². The molecule has 0 atom stereocenters. The van der Waals surface area contributed by atoms with Crippen molar-refractivity contribution in [3.05, 3.63) is 38.3 Å². The monoisotopic (exact) mass is 300 g/mol. The summed E-state index contributed by atoms with van der Waals surface area (Å²) in [7, 11) is 0. The first-order chi connectivity index (χ1) is 8.08. The molecule has 0 saturated heterocycles. The van der Waals surface area contributed by atoms with Crippen LogP contribution in [0.25, 0.3) is 0 Å². The molecule has 1 rings (SSSR count). The summed E-state index contributed by atoms with van der Waals surface area (Å²) < 4.78 is 0.732. The second kappa shape index (κ2) is 6.71. The number of nitrogens with one attached hydrogen (secondary N) is 1. The van der Waals surface area contributed by atoms with E-state index >= 15 is 0 Å². The van der Waals surface area contributed by atoms with Gasteiger partial charge in [-0.3, -0.25) is 10.1 Å². The molecule has 0 radical (unpaired) electrons. The summed E-state index contributed by atoms with van der Waals surface area (Å²) in [6, 6.07) is 5.58. The van der Waals surface area contributed by atoms with Gasteiger partial charge in [0.1, 0.15) is 0 Å². The maximum Gasteiger partial charge on any atom is 0.275 e. The minimum atomic E-state index is -0.339. The Morgan fingerprint density at radius 3 is 2.59 bits per heavy atom. The third kappa shape index (κ3) is 4.09. The Kier molecular flexibility index (Phi) is 5.58. The molecule has 0 fully saturated rings. The van der Waals surface area contributed by atoms with E-state index in [-0.39, 0.29) is 10.6 Å². The van der Waals surface area contributed by atoms with Crippen LogP contribution in [0.15, 0.2) is 22.7 Å². The zero-order chi connectivity index (χ0) is 12.8. The molecule has 0 aliphatic carbocycles. The number of nitro groups is 1. The standard InChI is InChI=1S/C12H17BrN2O2/c1-3-11(4-2)14-8-9-5-6-10(13)7-12(9)15(16)17/h5-7,11,14H,3-4,8H2,1-2H3. The van der Waals surface area contributed by atoms with Crippen LogP contribution >= 0.6 is 15.9 Å². The Balaban J connectivity index is 2.80. The normalized spacial score (nSPS) is 10.8. The molecule has 0 heterocycles. The third-order valence-corrected chi connectivity index (χ3v) is 3.30. The fraction of sp³-hybridized carbons (Fsp3) is 0.500. The number of hydrogen-bond acceptors (Lipinski definition) is 3. The quantitative estimate of drug-likeness (QED) is 0.644. The molecule has 0 aromatic heterocycles. The lowest BCUT2D eigenvalue weighted by atomic mass is 10.1. The number of rotatable bonds is 6. The lowest BCUT2D eigenvalue weighted by Crippen LogP contribution is -2.27. The highest BCUT2D eigenvalue weighted by Gasteiger charge is 2.14. The van der Waals surface area contributed by atoms with Gasteiger partial charge in [0.15, 0.2) is 0 Å². The Bertz CT molecular complexity index is 392. The van der Waals surface area contributed by atoms with Crippen LogP contribution in [-0.4, -0.2) is 11.0 Å². The Morgan fingerprint density at radius 2 is 2.06 bits per heavy atom. The summed E-state index contributed by atoms with van der Waals surface area (Å²) in [6.07, 6.45) is 2.06. The van der Waals surface area contributed by atoms with Crippen LogP contribution in [0.4, 0.5) is 5.69 Å². The van der Waals surface area contributed by atoms with E-state index < -0.39 is 0 Å². The minimum Gasteiger partial charge on any atom is -0.310 e. The molecule has 0 bridgehead atoms. The van der Waals surface area contributed by atoms with Crippen LogP contribution in [0.1, 0.15) is 32.3 Å². The van der Waals surface area contributed by atoms with Crippen molar-refractivity contribution < 1.29 is 4.92 Å². The van der Waals surface area contributed by atoms with Crippen molar-refractivity contribution in [2.75, 3.05) is 0 Å². The SMILES string of the molecule is CCC(CC)NCc1ccc(Br)cc1[N+](=O)[O-]. The lowest BCUT2D eigenvalue weighted by Gasteiger charge is -2.14. The largest absolute Gasteiger partial charge is 0.310 e. The van der Waals surface area contributed by atoms with Gasteiger partial charge >= 0.3 is 0 Å². The Morgan fingerprint density at radius 1 is 1.41 bits per heavy atom. The number of halogens is 1. The Hall–Kier alpha value is -0.940. The van der Waals surface area contributed by atoms with Gasteiger partial charge in [0, 0.05) is 28.7 Å². The van der Waals surface area contributed by atoms with Gasteiger partial charge in [0.05, 0.1) is 4.92 Å². The molecule has 17 heavy (non-hydrogen) atoms. The average Bonchev–Trinajstić information content (AvgIpc) is 2.31. The van der Waals surface area contributed by atoms with Gasteiger partial charge in [-0.25, -0.2) is 0 Å². The molecule has 1 aromatic rings. The van der Waals surface area contributed by atoms with Gasteiger partial charge in [0.2, 0.25) is 0 Å². The molecule has 1 N–H and O–H groups in total. The maximum absolute atomic E-state index is 10.9. The zero-order valence-electron chi connectivity index (χ0n) is 10.1. The summed E-state index contributed by atoms with van der Waals surface area (Å²) in [6.45, 7) is 4.75. The van der Waals surface area contributed by atoms with Gasteiger partial charge in [-0.15, -0.1) is 0 Å². The van der Waals surface area contributed by atoms with Crippen molar-refractivity contribution in [2.45, 2.75) is 39.3 Å². The number of benzene rings is 1. The average molecular weight is 301 g/mol. The molecule has 0 spiro atoms. The van der Waals surface area contributed by atoms with Gasteiger partial charge in [-0.05, 0) is 25.0 Å². The first-order valence-corrected chi connectivity index (χ1v) is 6.54. The molecule has 5 heteroatoms. The van der Waals surface area contributed by atoms with Crippen molar-refractivity contribution in [2.24, 2.45) is 0 Å². The molecule has 94 valence electrons. The predicted octanol–water partition coefficient (Wildman–Crippen LogP) is 3.64. The molecule has 0 aliphatic heterocycles. The topological polar surface area (TPSA) is 55.2 Å². The molecular formula is C12H17BrN2O2. The first kappa shape index (κ1) is 14.1. The van der Waals surface area contributed by atoms with Gasteiger partial charge in [0.25, 0.3) is 5.69 Å². The van der Waals surface area contributed by atoms with Crippen LogP contribution in [-0.2, 0) is 6.54 Å². The highest BCUT2D eigenvalue weighted by Crippen LogP contribution is 2.23. The summed E-state index contributed by atoms with van der Waals surface area (Å²) in [5.74, 6) is 0. The smallest absolute Gasteiger partial charge is 0.275 e. The second-order valence-electron chi connectivity index (χ2n) is 3.92. The molecule has 4 nitrogen and oxygen atoms in total. The Labute approximate surface area is 110 Å². The number of hydrogen-bond donors (Lipinski definition) is 1. The van der Waals surface area contributed by atoms with Gasteiger partial charge < -0.3 is 5.32 Å². The summed E-state index contributed by atoms with van der Waals surface area (Å²) in [4.78, 5) is 10.6. The zero-order valence-corrected chi connectivity index (χ0v) is 11.7. The third-order valence-electron chi connectivity index (χ3n) is 2.81. The van der Waals surface area contributed by atoms with Crippen molar-refractivity contribution in [3.8, 4) is 0 Å². The van der Waals surface area contributed by atoms with E-state index in [1.165, 1.54) is 0 Å². The lowest BCUT2D eigenvalue weighted by molar-refractivity contribution is -0.385. The van der Waals surface area contributed by atoms with Crippen molar-refractivity contribution in [1.82, 2.24) is 5.32 Å². The number of nitrogens with zero attached hydrogens (tertiary/aromatic N) is 1. The van der Waals surface area contributed by atoms with E-state index in [4.69, 9.17) is 0 Å². The van der Waals surface area contributed by atoms with Crippen LogP contribution in [0, 0.1) is 10.1 Å². The first-order valence-electron chi connectivity index (χ1n) is 5.74. The van der Waals surface area contributed by atoms with Gasteiger partial charge in [-0.2, -0.15) is 0 Å². The van der Waals surface area contributed by atoms with Gasteiger partial charge in [-0.1, -0.05) is 29.8 Å². The van der Waals surface area contributed by atoms with E-state index in [9.17, 15) is 10.1 Å².